The van der Waals surface area contributed by atoms with Crippen LogP contribution in [0.4, 0.5) is 4.79 Å². The van der Waals surface area contributed by atoms with Crippen molar-refractivity contribution >= 4 is 6.16 Å². The molecule has 0 radical (unpaired) electrons. The van der Waals surface area contributed by atoms with E-state index in [1.54, 1.807) is 0 Å². The quantitative estimate of drug-likeness (QED) is 0.0464. The molecule has 0 spiro atoms. The summed E-state index contributed by atoms with van der Waals surface area (Å²) in [6.45, 7) is 5.53. The van der Waals surface area contributed by atoms with Crippen LogP contribution in [-0.2, 0) is 9.47 Å². The molecule has 0 aliphatic heterocycles. The molecular formula is C37H70O3. The second kappa shape index (κ2) is 35.8. The van der Waals surface area contributed by atoms with Crippen molar-refractivity contribution in [2.24, 2.45) is 0 Å². The summed E-state index contributed by atoms with van der Waals surface area (Å²) in [6, 6.07) is 0. The summed E-state index contributed by atoms with van der Waals surface area (Å²) in [5.74, 6) is 0. The summed E-state index contributed by atoms with van der Waals surface area (Å²) < 4.78 is 10.4. The van der Waals surface area contributed by atoms with Crippen LogP contribution in [0.25, 0.3) is 0 Å². The fourth-order valence-electron chi connectivity index (χ4n) is 5.05. The molecule has 236 valence electrons. The Kier molecular flexibility index (Phi) is 34.7. The van der Waals surface area contributed by atoms with E-state index in [2.05, 4.69) is 38.2 Å². The summed E-state index contributed by atoms with van der Waals surface area (Å²) in [4.78, 5) is 11.7. The van der Waals surface area contributed by atoms with Crippen molar-refractivity contribution in [1.29, 1.82) is 0 Å². The highest BCUT2D eigenvalue weighted by atomic mass is 16.7. The van der Waals surface area contributed by atoms with Gasteiger partial charge in [0, 0.05) is 0 Å². The zero-order chi connectivity index (χ0) is 29.0. The molecule has 0 saturated carbocycles. The van der Waals surface area contributed by atoms with Gasteiger partial charge in [0.2, 0.25) is 0 Å². The van der Waals surface area contributed by atoms with Gasteiger partial charge in [-0.1, -0.05) is 154 Å². The first-order chi connectivity index (χ1) is 19.8. The minimum Gasteiger partial charge on any atom is -0.434 e. The van der Waals surface area contributed by atoms with E-state index in [4.69, 9.17) is 9.47 Å². The van der Waals surface area contributed by atoms with Gasteiger partial charge in [0.15, 0.2) is 0 Å². The molecule has 0 aromatic carbocycles. The Bertz CT molecular complexity index is 540. The van der Waals surface area contributed by atoms with Crippen LogP contribution in [-0.4, -0.2) is 19.4 Å². The highest BCUT2D eigenvalue weighted by Gasteiger charge is 2.03. The minimum absolute atomic E-state index is 0.486. The predicted molar refractivity (Wildman–Crippen MR) is 176 cm³/mol. The van der Waals surface area contributed by atoms with Gasteiger partial charge in [-0.3, -0.25) is 0 Å². The van der Waals surface area contributed by atoms with Crippen molar-refractivity contribution in [2.75, 3.05) is 13.2 Å². The van der Waals surface area contributed by atoms with Crippen molar-refractivity contribution in [3.63, 3.8) is 0 Å². The first-order valence-electron chi connectivity index (χ1n) is 17.9. The van der Waals surface area contributed by atoms with Crippen LogP contribution in [0.15, 0.2) is 24.3 Å². The third-order valence-corrected chi connectivity index (χ3v) is 7.75. The van der Waals surface area contributed by atoms with Crippen LogP contribution in [0.5, 0.6) is 0 Å². The molecule has 0 rings (SSSR count). The van der Waals surface area contributed by atoms with E-state index in [1.165, 1.54) is 154 Å². The van der Waals surface area contributed by atoms with Crippen LogP contribution in [0.3, 0.4) is 0 Å². The van der Waals surface area contributed by atoms with Gasteiger partial charge in [0.05, 0.1) is 13.2 Å². The Morgan fingerprint density at radius 1 is 0.375 bits per heavy atom. The SMILES string of the molecule is CCCCCCC=CCCCCCCCCOC(=O)OCCCCCCCCC=CCCCCCCCCCC. The van der Waals surface area contributed by atoms with E-state index < -0.39 is 6.16 Å². The van der Waals surface area contributed by atoms with E-state index >= 15 is 0 Å². The number of hydrogen-bond acceptors (Lipinski definition) is 3. The molecule has 0 fully saturated rings. The number of carbonyl (C=O) groups excluding carboxylic acids is 1. The fourth-order valence-corrected chi connectivity index (χ4v) is 5.05. The average Bonchev–Trinajstić information content (AvgIpc) is 2.96. The molecule has 0 amide bonds. The molecule has 3 heteroatoms. The van der Waals surface area contributed by atoms with Crippen LogP contribution < -0.4 is 0 Å². The Labute approximate surface area is 251 Å². The molecule has 0 bridgehead atoms. The smallest absolute Gasteiger partial charge is 0.434 e. The van der Waals surface area contributed by atoms with Gasteiger partial charge in [0.1, 0.15) is 0 Å². The molecule has 0 heterocycles. The lowest BCUT2D eigenvalue weighted by molar-refractivity contribution is 0.0529. The van der Waals surface area contributed by atoms with Gasteiger partial charge in [-0.15, -0.1) is 0 Å². The third-order valence-electron chi connectivity index (χ3n) is 7.75. The van der Waals surface area contributed by atoms with Gasteiger partial charge < -0.3 is 9.47 Å². The molecule has 0 aromatic heterocycles. The lowest BCUT2D eigenvalue weighted by atomic mass is 10.1. The standard InChI is InChI=1S/C37H70O3/c1-3-5-7-9-11-13-15-17-19-20-21-22-24-26-28-30-32-34-36-40-37(38)39-35-33-31-29-27-25-23-18-16-14-12-10-8-6-4-2/h14,16,20-21H,3-13,15,17-19,22-36H2,1-2H3. The number of allylic oxidation sites excluding steroid dienone is 4. The van der Waals surface area contributed by atoms with Crippen LogP contribution in [0.1, 0.15) is 194 Å². The third kappa shape index (κ3) is 34.8. The lowest BCUT2D eigenvalue weighted by Crippen LogP contribution is -2.09. The Hall–Kier alpha value is -1.25. The highest BCUT2D eigenvalue weighted by molar-refractivity contribution is 5.59. The molecule has 0 aromatic rings. The summed E-state index contributed by atoms with van der Waals surface area (Å²) in [7, 11) is 0. The van der Waals surface area contributed by atoms with Crippen LogP contribution >= 0.6 is 0 Å². The lowest BCUT2D eigenvalue weighted by Gasteiger charge is -2.06. The van der Waals surface area contributed by atoms with Crippen molar-refractivity contribution in [1.82, 2.24) is 0 Å². The minimum atomic E-state index is -0.486. The number of carbonyl (C=O) groups is 1. The van der Waals surface area contributed by atoms with Crippen LogP contribution in [0.2, 0.25) is 0 Å². The second-order valence-electron chi connectivity index (χ2n) is 11.8. The highest BCUT2D eigenvalue weighted by Crippen LogP contribution is 2.12. The number of ether oxygens (including phenoxy) is 2. The largest absolute Gasteiger partial charge is 0.508 e. The van der Waals surface area contributed by atoms with E-state index in [0.29, 0.717) is 13.2 Å². The molecule has 0 N–H and O–H groups in total. The van der Waals surface area contributed by atoms with Crippen molar-refractivity contribution in [3.05, 3.63) is 24.3 Å². The number of rotatable bonds is 32. The molecule has 0 unspecified atom stereocenters. The van der Waals surface area contributed by atoms with Gasteiger partial charge in [0.25, 0.3) is 0 Å². The molecule has 40 heavy (non-hydrogen) atoms. The maximum Gasteiger partial charge on any atom is 0.508 e. The summed E-state index contributed by atoms with van der Waals surface area (Å²) in [5.41, 5.74) is 0. The van der Waals surface area contributed by atoms with E-state index in [9.17, 15) is 4.79 Å². The Morgan fingerprint density at radius 3 is 0.950 bits per heavy atom. The monoisotopic (exact) mass is 563 g/mol. The van der Waals surface area contributed by atoms with Gasteiger partial charge in [-0.05, 0) is 64.2 Å². The van der Waals surface area contributed by atoms with E-state index in [1.807, 2.05) is 0 Å². The number of hydrogen-bond donors (Lipinski definition) is 0. The van der Waals surface area contributed by atoms with Gasteiger partial charge >= 0.3 is 6.16 Å². The zero-order valence-electron chi connectivity index (χ0n) is 27.2. The first-order valence-corrected chi connectivity index (χ1v) is 17.9. The normalized spacial score (nSPS) is 11.7. The first kappa shape index (κ1) is 38.8. The topological polar surface area (TPSA) is 35.5 Å². The Morgan fingerprint density at radius 2 is 0.625 bits per heavy atom. The van der Waals surface area contributed by atoms with E-state index in [-0.39, 0.29) is 0 Å². The summed E-state index contributed by atoms with van der Waals surface area (Å²) >= 11 is 0. The van der Waals surface area contributed by atoms with E-state index in [0.717, 1.165) is 25.7 Å². The average molecular weight is 563 g/mol. The molecule has 0 aliphatic carbocycles. The van der Waals surface area contributed by atoms with Crippen molar-refractivity contribution in [3.8, 4) is 0 Å². The molecule has 3 nitrogen and oxygen atoms in total. The molecule has 0 aliphatic rings. The molecule has 0 saturated heterocycles. The molecular weight excluding hydrogens is 492 g/mol. The second-order valence-corrected chi connectivity index (χ2v) is 11.8. The van der Waals surface area contributed by atoms with Crippen LogP contribution in [0, 0.1) is 0 Å². The summed E-state index contributed by atoms with van der Waals surface area (Å²) in [6.07, 6.45) is 45.0. The zero-order valence-corrected chi connectivity index (χ0v) is 27.2. The Balaban J connectivity index is 3.22. The maximum atomic E-state index is 11.7. The van der Waals surface area contributed by atoms with Crippen molar-refractivity contribution in [2.45, 2.75) is 194 Å². The molecule has 0 atom stereocenters. The summed E-state index contributed by atoms with van der Waals surface area (Å²) in [5, 5.41) is 0. The number of unbranched alkanes of at least 4 members (excludes halogenated alkanes) is 24. The van der Waals surface area contributed by atoms with Gasteiger partial charge in [-0.2, -0.15) is 0 Å². The predicted octanol–water partition coefficient (Wildman–Crippen LogP) is 13.2. The fraction of sp³-hybridized carbons (Fsp3) is 0.865. The maximum absolute atomic E-state index is 11.7. The van der Waals surface area contributed by atoms with Crippen molar-refractivity contribution < 1.29 is 14.3 Å². The van der Waals surface area contributed by atoms with Gasteiger partial charge in [-0.25, -0.2) is 4.79 Å².